The lowest BCUT2D eigenvalue weighted by Gasteiger charge is -2.51. The summed E-state index contributed by atoms with van der Waals surface area (Å²) in [6, 6.07) is 7.87. The molecule has 2 fully saturated rings. The second-order valence-corrected chi connectivity index (χ2v) is 11.5. The average Bonchev–Trinajstić information content (AvgIpc) is 3.08. The quantitative estimate of drug-likeness (QED) is 0.427. The molecule has 3 heteroatoms. The molecule has 2 saturated carbocycles. The van der Waals surface area contributed by atoms with Gasteiger partial charge in [0, 0.05) is 29.2 Å². The van der Waals surface area contributed by atoms with E-state index >= 15 is 0 Å². The van der Waals surface area contributed by atoms with E-state index < -0.39 is 5.60 Å². The smallest absolute Gasteiger partial charge is 0.159 e. The molecule has 0 amide bonds. The fourth-order valence-corrected chi connectivity index (χ4v) is 7.35. The second kappa shape index (κ2) is 8.35. The van der Waals surface area contributed by atoms with Crippen molar-refractivity contribution in [1.29, 1.82) is 0 Å². The van der Waals surface area contributed by atoms with Crippen LogP contribution in [0.25, 0.3) is 0 Å². The third-order valence-electron chi connectivity index (χ3n) is 9.22. The van der Waals surface area contributed by atoms with Crippen LogP contribution in [0.2, 0.25) is 0 Å². The van der Waals surface area contributed by atoms with E-state index in [9.17, 15) is 14.7 Å². The molecule has 0 spiro atoms. The predicted molar refractivity (Wildman–Crippen MR) is 134 cm³/mol. The van der Waals surface area contributed by atoms with Crippen LogP contribution in [0.3, 0.4) is 0 Å². The molecule has 5 atom stereocenters. The van der Waals surface area contributed by atoms with Crippen molar-refractivity contribution in [3.63, 3.8) is 0 Å². The molecule has 4 aliphatic carbocycles. The van der Waals surface area contributed by atoms with Crippen molar-refractivity contribution in [3.8, 4) is 11.8 Å². The Morgan fingerprint density at radius 2 is 1.85 bits per heavy atom. The van der Waals surface area contributed by atoms with Crippen LogP contribution in [0.15, 0.2) is 47.1 Å². The number of fused-ring (bicyclic) bond motifs is 4. The highest BCUT2D eigenvalue weighted by Crippen LogP contribution is 2.64. The Hall–Kier alpha value is -2.44. The Balaban J connectivity index is 1.55. The van der Waals surface area contributed by atoms with E-state index in [-0.39, 0.29) is 28.8 Å². The minimum atomic E-state index is -0.904. The zero-order valence-corrected chi connectivity index (χ0v) is 20.9. The molecule has 1 N–H and O–H groups in total. The van der Waals surface area contributed by atoms with Gasteiger partial charge in [0.05, 0.1) is 0 Å². The van der Waals surface area contributed by atoms with Crippen molar-refractivity contribution in [3.05, 3.63) is 58.2 Å². The Morgan fingerprint density at radius 3 is 2.53 bits per heavy atom. The summed E-state index contributed by atoms with van der Waals surface area (Å²) < 4.78 is 0. The van der Waals surface area contributed by atoms with Gasteiger partial charge in [0.2, 0.25) is 0 Å². The third-order valence-corrected chi connectivity index (χ3v) is 9.22. The highest BCUT2D eigenvalue weighted by Gasteiger charge is 2.60. The molecule has 4 aliphatic rings. The van der Waals surface area contributed by atoms with Gasteiger partial charge in [-0.15, -0.1) is 0 Å². The van der Waals surface area contributed by atoms with Crippen LogP contribution < -0.4 is 0 Å². The van der Waals surface area contributed by atoms with Crippen molar-refractivity contribution >= 4 is 11.6 Å². The number of carbonyl (C=O) groups is 2. The largest absolute Gasteiger partial charge is 0.377 e. The van der Waals surface area contributed by atoms with Gasteiger partial charge in [0.15, 0.2) is 11.6 Å². The van der Waals surface area contributed by atoms with E-state index in [0.29, 0.717) is 23.8 Å². The van der Waals surface area contributed by atoms with Gasteiger partial charge in [-0.1, -0.05) is 62.5 Å². The maximum absolute atomic E-state index is 12.7. The van der Waals surface area contributed by atoms with Crippen LogP contribution in [0.1, 0.15) is 94.5 Å². The molecule has 1 aromatic rings. The molecule has 0 radical (unpaired) electrons. The lowest BCUT2D eigenvalue weighted by atomic mass is 9.54. The Bertz CT molecular complexity index is 1160. The van der Waals surface area contributed by atoms with Crippen LogP contribution in [-0.4, -0.2) is 22.3 Å². The van der Waals surface area contributed by atoms with Gasteiger partial charge in [-0.2, -0.15) is 0 Å². The van der Waals surface area contributed by atoms with E-state index in [2.05, 4.69) is 32.6 Å². The number of aliphatic hydroxyl groups is 1. The standard InChI is InChI=1S/C31H36O3/c1-19(2)11-15-31(34)16-13-28-25-10-9-23-17-24(33)18-27(22-7-5-21(6-8-22)20(3)32)29(23)26(25)12-14-30(28,31)4/h5-8,17,19,25,27-28,34H,9-10,12-14,16,18H2,1-4H3/t25-,27+,28+,30+,31+/m1/s1. The van der Waals surface area contributed by atoms with Gasteiger partial charge in [0.25, 0.3) is 0 Å². The van der Waals surface area contributed by atoms with Crippen LogP contribution in [0, 0.1) is 35.0 Å². The summed E-state index contributed by atoms with van der Waals surface area (Å²) in [6.45, 7) is 8.02. The van der Waals surface area contributed by atoms with Gasteiger partial charge in [-0.05, 0) is 80.1 Å². The number of hydrogen-bond donors (Lipinski definition) is 1. The number of hydrogen-bond acceptors (Lipinski definition) is 3. The van der Waals surface area contributed by atoms with Gasteiger partial charge in [-0.3, -0.25) is 9.59 Å². The number of carbonyl (C=O) groups excluding carboxylic acids is 2. The zero-order valence-electron chi connectivity index (χ0n) is 20.9. The first-order valence-corrected chi connectivity index (χ1v) is 13.0. The molecule has 3 nitrogen and oxygen atoms in total. The van der Waals surface area contributed by atoms with Gasteiger partial charge < -0.3 is 5.11 Å². The summed E-state index contributed by atoms with van der Waals surface area (Å²) in [5.74, 6) is 8.04. The number of Topliss-reactive ketones (excluding diaryl/α,β-unsaturated/α-hetero) is 1. The number of allylic oxidation sites excluding steroid dienone is 4. The molecule has 0 unspecified atom stereocenters. The van der Waals surface area contributed by atoms with Crippen molar-refractivity contribution < 1.29 is 14.7 Å². The first kappa shape index (κ1) is 23.3. The van der Waals surface area contributed by atoms with Crippen LogP contribution in [-0.2, 0) is 4.79 Å². The van der Waals surface area contributed by atoms with Gasteiger partial charge in [0.1, 0.15) is 5.60 Å². The fraction of sp³-hybridized carbons (Fsp3) is 0.548. The van der Waals surface area contributed by atoms with E-state index in [1.165, 1.54) is 16.7 Å². The van der Waals surface area contributed by atoms with Crippen LogP contribution in [0.5, 0.6) is 0 Å². The summed E-state index contributed by atoms with van der Waals surface area (Å²) in [4.78, 5) is 24.5. The Kier molecular flexibility index (Phi) is 5.72. The topological polar surface area (TPSA) is 54.4 Å². The minimum absolute atomic E-state index is 0.0625. The number of rotatable bonds is 2. The molecule has 0 saturated heterocycles. The lowest BCUT2D eigenvalue weighted by molar-refractivity contribution is -0.115. The Morgan fingerprint density at radius 1 is 1.12 bits per heavy atom. The van der Waals surface area contributed by atoms with E-state index in [0.717, 1.165) is 44.1 Å². The van der Waals surface area contributed by atoms with Crippen molar-refractivity contribution in [1.82, 2.24) is 0 Å². The maximum atomic E-state index is 12.7. The molecule has 34 heavy (non-hydrogen) atoms. The lowest BCUT2D eigenvalue weighted by Crippen LogP contribution is -2.49. The fourth-order valence-electron chi connectivity index (χ4n) is 7.35. The molecular formula is C31H36O3. The molecule has 0 aliphatic heterocycles. The minimum Gasteiger partial charge on any atom is -0.377 e. The molecule has 5 rings (SSSR count). The monoisotopic (exact) mass is 456 g/mol. The number of ketones is 2. The average molecular weight is 457 g/mol. The highest BCUT2D eigenvalue weighted by molar-refractivity contribution is 5.95. The van der Waals surface area contributed by atoms with Crippen molar-refractivity contribution in [2.45, 2.75) is 84.2 Å². The first-order chi connectivity index (χ1) is 16.1. The van der Waals surface area contributed by atoms with Crippen molar-refractivity contribution in [2.75, 3.05) is 0 Å². The Labute approximate surface area is 203 Å². The van der Waals surface area contributed by atoms with Crippen LogP contribution in [0.4, 0.5) is 0 Å². The molecule has 178 valence electrons. The summed E-state index contributed by atoms with van der Waals surface area (Å²) in [6.07, 6.45) is 8.05. The summed E-state index contributed by atoms with van der Waals surface area (Å²) in [5.41, 5.74) is 4.88. The summed E-state index contributed by atoms with van der Waals surface area (Å²) >= 11 is 0. The van der Waals surface area contributed by atoms with E-state index in [1.807, 2.05) is 30.3 Å². The highest BCUT2D eigenvalue weighted by atomic mass is 16.3. The summed E-state index contributed by atoms with van der Waals surface area (Å²) in [5, 5.41) is 11.7. The molecule has 0 bridgehead atoms. The SMILES string of the molecule is CC(=O)c1ccc([C@@H]2CC(=O)C=C3CC[C@@H]4C(=C32)CC[C@@]2(C)[C@H]4CC[C@@]2(O)C#CC(C)C)cc1. The zero-order chi connectivity index (χ0) is 24.3. The second-order valence-electron chi connectivity index (χ2n) is 11.5. The molecule has 1 aromatic carbocycles. The van der Waals surface area contributed by atoms with Crippen LogP contribution >= 0.6 is 0 Å². The molecular weight excluding hydrogens is 420 g/mol. The predicted octanol–water partition coefficient (Wildman–Crippen LogP) is 6.18. The van der Waals surface area contributed by atoms with Gasteiger partial charge >= 0.3 is 0 Å². The van der Waals surface area contributed by atoms with Crippen molar-refractivity contribution in [2.24, 2.45) is 23.2 Å². The molecule has 0 heterocycles. The number of benzene rings is 1. The molecule has 0 aromatic heterocycles. The van der Waals surface area contributed by atoms with Gasteiger partial charge in [-0.25, -0.2) is 0 Å². The summed E-state index contributed by atoms with van der Waals surface area (Å²) in [7, 11) is 0. The maximum Gasteiger partial charge on any atom is 0.159 e. The third kappa shape index (κ3) is 3.62. The normalized spacial score (nSPS) is 34.6. The van der Waals surface area contributed by atoms with E-state index in [4.69, 9.17) is 0 Å². The first-order valence-electron chi connectivity index (χ1n) is 13.0. The van der Waals surface area contributed by atoms with E-state index in [1.54, 1.807) is 6.92 Å².